The second-order valence-electron chi connectivity index (χ2n) is 3.91. The summed E-state index contributed by atoms with van der Waals surface area (Å²) in [7, 11) is 0. The lowest BCUT2D eigenvalue weighted by atomic mass is 9.86. The van der Waals surface area contributed by atoms with E-state index in [1.54, 1.807) is 0 Å². The quantitative estimate of drug-likeness (QED) is 0.242. The van der Waals surface area contributed by atoms with E-state index in [4.69, 9.17) is 15.3 Å². The van der Waals surface area contributed by atoms with Crippen LogP contribution in [0.2, 0.25) is 0 Å². The molecule has 0 spiro atoms. The fraction of sp³-hybridized carbons (Fsp3) is 0.600. The highest BCUT2D eigenvalue weighted by Gasteiger charge is 2.58. The lowest BCUT2D eigenvalue weighted by Gasteiger charge is -2.33. The van der Waals surface area contributed by atoms with Crippen molar-refractivity contribution in [2.24, 2.45) is 0 Å². The van der Waals surface area contributed by atoms with Gasteiger partial charge in [-0.1, -0.05) is 0 Å². The van der Waals surface area contributed by atoms with E-state index in [9.17, 15) is 29.4 Å². The summed E-state index contributed by atoms with van der Waals surface area (Å²) in [6, 6.07) is 0. The molecule has 114 valence electrons. The van der Waals surface area contributed by atoms with Gasteiger partial charge in [0, 0.05) is 6.92 Å². The van der Waals surface area contributed by atoms with Gasteiger partial charge in [-0.15, -0.1) is 0 Å². The Labute approximate surface area is 112 Å². The molecule has 20 heavy (non-hydrogen) atoms. The van der Waals surface area contributed by atoms with E-state index in [2.05, 4.69) is 4.74 Å². The molecule has 0 saturated heterocycles. The molecule has 0 radical (unpaired) electrons. The number of aliphatic carboxylic acids is 2. The van der Waals surface area contributed by atoms with Crippen molar-refractivity contribution in [1.29, 1.82) is 0 Å². The lowest BCUT2D eigenvalue weighted by Crippen LogP contribution is -2.64. The number of hydrogen-bond acceptors (Lipinski definition) is 8. The number of ether oxygens (including phenoxy) is 1. The number of ketones is 1. The van der Waals surface area contributed by atoms with E-state index in [0.717, 1.165) is 6.92 Å². The molecule has 4 atom stereocenters. The van der Waals surface area contributed by atoms with Crippen LogP contribution in [0.25, 0.3) is 0 Å². The Morgan fingerprint density at radius 2 is 1.45 bits per heavy atom. The van der Waals surface area contributed by atoms with Crippen LogP contribution >= 0.6 is 0 Å². The maximum atomic E-state index is 11.4. The summed E-state index contributed by atoms with van der Waals surface area (Å²) >= 11 is 0. The van der Waals surface area contributed by atoms with Crippen molar-refractivity contribution in [2.75, 3.05) is 0 Å². The number of rotatable bonds is 7. The normalized spacial score (nSPS) is 18.2. The molecule has 0 aromatic heterocycles. The van der Waals surface area contributed by atoms with Crippen LogP contribution in [0.1, 0.15) is 13.8 Å². The smallest absolute Gasteiger partial charge is 0.359 e. The molecule has 0 amide bonds. The Bertz CT molecular complexity index is 414. The Morgan fingerprint density at radius 3 is 1.70 bits per heavy atom. The SMILES string of the molecule is CC(=O)O[C@@](C(C)=O)(C(=O)O)[C@H](O)[C@@H](O)[C@H](O)C(=O)O. The van der Waals surface area contributed by atoms with Gasteiger partial charge in [0.05, 0.1) is 0 Å². The molecular formula is C10H14O10. The first-order valence-corrected chi connectivity index (χ1v) is 5.19. The fourth-order valence-electron chi connectivity index (χ4n) is 1.45. The zero-order chi connectivity index (χ0) is 16.2. The number of carboxylic acids is 2. The van der Waals surface area contributed by atoms with E-state index in [-0.39, 0.29) is 0 Å². The zero-order valence-corrected chi connectivity index (χ0v) is 10.5. The van der Waals surface area contributed by atoms with Crippen molar-refractivity contribution in [3.63, 3.8) is 0 Å². The Kier molecular flexibility index (Phi) is 5.76. The second kappa shape index (κ2) is 6.41. The zero-order valence-electron chi connectivity index (χ0n) is 10.5. The fourth-order valence-corrected chi connectivity index (χ4v) is 1.45. The van der Waals surface area contributed by atoms with Crippen LogP contribution in [-0.2, 0) is 23.9 Å². The molecule has 10 heteroatoms. The first-order chi connectivity index (χ1) is 8.98. The first kappa shape index (κ1) is 18.0. The summed E-state index contributed by atoms with van der Waals surface area (Å²) in [4.78, 5) is 43.9. The van der Waals surface area contributed by atoms with Gasteiger partial charge in [0.2, 0.25) is 0 Å². The van der Waals surface area contributed by atoms with Gasteiger partial charge in [-0.05, 0) is 6.92 Å². The molecule has 0 saturated carbocycles. The highest BCUT2D eigenvalue weighted by atomic mass is 16.6. The van der Waals surface area contributed by atoms with Gasteiger partial charge in [0.1, 0.15) is 12.2 Å². The summed E-state index contributed by atoms with van der Waals surface area (Å²) in [5, 5.41) is 45.6. The van der Waals surface area contributed by atoms with Crippen LogP contribution in [0.5, 0.6) is 0 Å². The molecule has 0 aliphatic rings. The van der Waals surface area contributed by atoms with E-state index < -0.39 is 47.6 Å². The maximum Gasteiger partial charge on any atom is 0.359 e. The van der Waals surface area contributed by atoms with Crippen molar-refractivity contribution in [2.45, 2.75) is 37.8 Å². The largest absolute Gasteiger partial charge is 0.479 e. The standard InChI is InChI=1S/C10H14O10/c1-3(11)10(9(18)19,20-4(2)12)7(15)5(13)6(14)8(16)17/h5-7,13-15H,1-2H3,(H,16,17)(H,18,19)/t5-,6-,7+,10+/m0/s1. The summed E-state index contributed by atoms with van der Waals surface area (Å²) in [5.74, 6) is -6.73. The molecule has 0 fully saturated rings. The van der Waals surface area contributed by atoms with Gasteiger partial charge in [-0.2, -0.15) is 0 Å². The average molecular weight is 294 g/mol. The molecule has 10 nitrogen and oxygen atoms in total. The molecule has 0 aromatic rings. The highest BCUT2D eigenvalue weighted by molar-refractivity contribution is 6.07. The number of esters is 1. The van der Waals surface area contributed by atoms with Crippen molar-refractivity contribution < 1.29 is 49.4 Å². The molecule has 0 aliphatic carbocycles. The summed E-state index contributed by atoms with van der Waals surface area (Å²) < 4.78 is 4.27. The molecule has 5 N–H and O–H groups in total. The summed E-state index contributed by atoms with van der Waals surface area (Å²) in [6.07, 6.45) is -7.85. The number of carbonyl (C=O) groups is 4. The molecule has 0 bridgehead atoms. The van der Waals surface area contributed by atoms with E-state index >= 15 is 0 Å². The molecule has 0 unspecified atom stereocenters. The number of aliphatic hydroxyl groups is 3. The van der Waals surface area contributed by atoms with Gasteiger partial charge in [0.15, 0.2) is 11.9 Å². The van der Waals surface area contributed by atoms with Crippen LogP contribution in [0.4, 0.5) is 0 Å². The minimum Gasteiger partial charge on any atom is -0.479 e. The Morgan fingerprint density at radius 1 is 1.00 bits per heavy atom. The van der Waals surface area contributed by atoms with Crippen LogP contribution in [-0.4, -0.2) is 73.1 Å². The Balaban J connectivity index is 5.74. The third-order valence-electron chi connectivity index (χ3n) is 2.46. The minimum absolute atomic E-state index is 0.653. The van der Waals surface area contributed by atoms with Gasteiger partial charge in [0.25, 0.3) is 5.60 Å². The van der Waals surface area contributed by atoms with Crippen molar-refractivity contribution >= 4 is 23.7 Å². The molecule has 0 aromatic carbocycles. The van der Waals surface area contributed by atoms with E-state index in [1.807, 2.05) is 0 Å². The lowest BCUT2D eigenvalue weighted by molar-refractivity contribution is -0.207. The topological polar surface area (TPSA) is 179 Å². The molecule has 0 rings (SSSR count). The van der Waals surface area contributed by atoms with Gasteiger partial charge >= 0.3 is 17.9 Å². The molecular weight excluding hydrogens is 280 g/mol. The van der Waals surface area contributed by atoms with Gasteiger partial charge in [-0.25, -0.2) is 9.59 Å². The molecule has 0 heterocycles. The predicted octanol–water partition coefficient (Wildman–Crippen LogP) is -2.87. The van der Waals surface area contributed by atoms with Crippen LogP contribution in [0.15, 0.2) is 0 Å². The second-order valence-corrected chi connectivity index (χ2v) is 3.91. The highest BCUT2D eigenvalue weighted by Crippen LogP contribution is 2.23. The van der Waals surface area contributed by atoms with Crippen LogP contribution in [0, 0.1) is 0 Å². The van der Waals surface area contributed by atoms with E-state index in [0.29, 0.717) is 6.92 Å². The number of aliphatic hydroxyl groups excluding tert-OH is 3. The minimum atomic E-state index is -3.22. The molecule has 0 aliphatic heterocycles. The predicted molar refractivity (Wildman–Crippen MR) is 58.5 cm³/mol. The van der Waals surface area contributed by atoms with Gasteiger partial charge in [-0.3, -0.25) is 9.59 Å². The van der Waals surface area contributed by atoms with Crippen LogP contribution in [0.3, 0.4) is 0 Å². The Hall–Kier alpha value is -2.04. The van der Waals surface area contributed by atoms with Gasteiger partial charge < -0.3 is 30.3 Å². The monoisotopic (exact) mass is 294 g/mol. The van der Waals surface area contributed by atoms with Crippen molar-refractivity contribution in [1.82, 2.24) is 0 Å². The third kappa shape index (κ3) is 3.29. The first-order valence-electron chi connectivity index (χ1n) is 5.19. The maximum absolute atomic E-state index is 11.4. The van der Waals surface area contributed by atoms with Crippen molar-refractivity contribution in [3.05, 3.63) is 0 Å². The third-order valence-corrected chi connectivity index (χ3v) is 2.46. The van der Waals surface area contributed by atoms with Crippen molar-refractivity contribution in [3.8, 4) is 0 Å². The summed E-state index contributed by atoms with van der Waals surface area (Å²) in [5.41, 5.74) is -3.22. The number of hydrogen-bond donors (Lipinski definition) is 5. The number of carbonyl (C=O) groups excluding carboxylic acids is 2. The van der Waals surface area contributed by atoms with Crippen LogP contribution < -0.4 is 0 Å². The average Bonchev–Trinajstić information content (AvgIpc) is 2.31. The number of Topliss-reactive ketones (excluding diaryl/α,β-unsaturated/α-hetero) is 1. The number of carboxylic acid groups (broad SMARTS) is 2. The summed E-state index contributed by atoms with van der Waals surface area (Å²) in [6.45, 7) is 1.40. The van der Waals surface area contributed by atoms with E-state index in [1.165, 1.54) is 0 Å².